The van der Waals surface area contributed by atoms with Crippen LogP contribution in [-0.4, -0.2) is 0 Å². The topological polar surface area (TPSA) is 0 Å². The maximum absolute atomic E-state index is 6.17. The zero-order chi connectivity index (χ0) is 10.7. The van der Waals surface area contributed by atoms with E-state index in [4.69, 9.17) is 11.6 Å². The van der Waals surface area contributed by atoms with E-state index in [9.17, 15) is 0 Å². The second-order valence-corrected chi connectivity index (χ2v) is 4.06. The Balaban J connectivity index is 2.37. The van der Waals surface area contributed by atoms with Gasteiger partial charge in [0.2, 0.25) is 0 Å². The SMILES string of the molecule is CC(c1ccccc1)c1ccccc1Cl. The fourth-order valence-electron chi connectivity index (χ4n) is 1.75. The summed E-state index contributed by atoms with van der Waals surface area (Å²) in [6, 6.07) is 18.4. The van der Waals surface area contributed by atoms with E-state index in [1.807, 2.05) is 24.3 Å². The molecule has 0 fully saturated rings. The van der Waals surface area contributed by atoms with Gasteiger partial charge in [0.25, 0.3) is 0 Å². The summed E-state index contributed by atoms with van der Waals surface area (Å²) in [7, 11) is 0. The highest BCUT2D eigenvalue weighted by Gasteiger charge is 2.10. The number of benzene rings is 2. The van der Waals surface area contributed by atoms with Crippen molar-refractivity contribution in [3.63, 3.8) is 0 Å². The molecule has 0 aliphatic carbocycles. The van der Waals surface area contributed by atoms with Crippen molar-refractivity contribution >= 4 is 11.6 Å². The molecule has 2 aromatic carbocycles. The molecule has 1 heteroatoms. The molecular weight excluding hydrogens is 204 g/mol. The highest BCUT2D eigenvalue weighted by molar-refractivity contribution is 6.31. The number of halogens is 1. The van der Waals surface area contributed by atoms with Crippen LogP contribution < -0.4 is 0 Å². The van der Waals surface area contributed by atoms with E-state index in [0.717, 1.165) is 5.02 Å². The largest absolute Gasteiger partial charge is 0.0840 e. The molecule has 2 aromatic rings. The smallest absolute Gasteiger partial charge is 0.0444 e. The fraction of sp³-hybridized carbons (Fsp3) is 0.143. The molecule has 76 valence electrons. The van der Waals surface area contributed by atoms with Crippen molar-refractivity contribution < 1.29 is 0 Å². The number of rotatable bonds is 2. The molecule has 0 aliphatic heterocycles. The Labute approximate surface area is 95.5 Å². The molecule has 0 amide bonds. The van der Waals surface area contributed by atoms with Crippen molar-refractivity contribution in [2.45, 2.75) is 12.8 Å². The van der Waals surface area contributed by atoms with Crippen LogP contribution in [0.2, 0.25) is 5.02 Å². The second-order valence-electron chi connectivity index (χ2n) is 3.65. The van der Waals surface area contributed by atoms with Crippen LogP contribution in [0.3, 0.4) is 0 Å². The lowest BCUT2D eigenvalue weighted by molar-refractivity contribution is 0.923. The number of hydrogen-bond acceptors (Lipinski definition) is 0. The predicted molar refractivity (Wildman–Crippen MR) is 65.4 cm³/mol. The molecule has 15 heavy (non-hydrogen) atoms. The van der Waals surface area contributed by atoms with E-state index in [2.05, 4.69) is 37.3 Å². The molecule has 1 atom stereocenters. The monoisotopic (exact) mass is 216 g/mol. The van der Waals surface area contributed by atoms with Crippen molar-refractivity contribution in [1.82, 2.24) is 0 Å². The Morgan fingerprint density at radius 2 is 1.47 bits per heavy atom. The molecule has 0 spiro atoms. The Morgan fingerprint density at radius 3 is 2.13 bits per heavy atom. The minimum atomic E-state index is 0.347. The molecule has 0 nitrogen and oxygen atoms in total. The fourth-order valence-corrected chi connectivity index (χ4v) is 2.05. The Morgan fingerprint density at radius 1 is 0.867 bits per heavy atom. The van der Waals surface area contributed by atoms with Gasteiger partial charge in [-0.1, -0.05) is 67.1 Å². The van der Waals surface area contributed by atoms with Gasteiger partial charge in [-0.2, -0.15) is 0 Å². The quantitative estimate of drug-likeness (QED) is 0.694. The molecule has 0 N–H and O–H groups in total. The molecule has 0 bridgehead atoms. The Kier molecular flexibility index (Phi) is 3.08. The molecule has 0 saturated heterocycles. The molecule has 1 unspecified atom stereocenters. The van der Waals surface area contributed by atoms with Crippen LogP contribution in [-0.2, 0) is 0 Å². The molecule has 0 aromatic heterocycles. The minimum Gasteiger partial charge on any atom is -0.0840 e. The lowest BCUT2D eigenvalue weighted by Crippen LogP contribution is -1.96. The zero-order valence-electron chi connectivity index (χ0n) is 8.65. The molecule has 2 rings (SSSR count). The summed E-state index contributed by atoms with van der Waals surface area (Å²) in [4.78, 5) is 0. The summed E-state index contributed by atoms with van der Waals surface area (Å²) in [5, 5.41) is 0.842. The van der Waals surface area contributed by atoms with E-state index < -0.39 is 0 Å². The second kappa shape index (κ2) is 4.50. The highest BCUT2D eigenvalue weighted by atomic mass is 35.5. The first-order valence-corrected chi connectivity index (χ1v) is 5.46. The molecular formula is C14H13Cl. The van der Waals surface area contributed by atoms with Crippen molar-refractivity contribution in [2.24, 2.45) is 0 Å². The summed E-state index contributed by atoms with van der Waals surface area (Å²) in [6.07, 6.45) is 0. The van der Waals surface area contributed by atoms with Gasteiger partial charge in [-0.25, -0.2) is 0 Å². The van der Waals surface area contributed by atoms with Gasteiger partial charge in [-0.3, -0.25) is 0 Å². The van der Waals surface area contributed by atoms with Gasteiger partial charge >= 0.3 is 0 Å². The summed E-state index contributed by atoms with van der Waals surface area (Å²) in [6.45, 7) is 2.18. The van der Waals surface area contributed by atoms with E-state index in [1.165, 1.54) is 11.1 Å². The third-order valence-electron chi connectivity index (χ3n) is 2.67. The van der Waals surface area contributed by atoms with Gasteiger partial charge in [0, 0.05) is 10.9 Å². The van der Waals surface area contributed by atoms with Gasteiger partial charge < -0.3 is 0 Å². The predicted octanol–water partition coefficient (Wildman–Crippen LogP) is 4.49. The van der Waals surface area contributed by atoms with Crippen LogP contribution in [0.1, 0.15) is 24.0 Å². The maximum atomic E-state index is 6.17. The van der Waals surface area contributed by atoms with Gasteiger partial charge in [-0.05, 0) is 17.2 Å². The van der Waals surface area contributed by atoms with Crippen molar-refractivity contribution in [1.29, 1.82) is 0 Å². The van der Waals surface area contributed by atoms with E-state index in [-0.39, 0.29) is 0 Å². The molecule has 0 heterocycles. The van der Waals surface area contributed by atoms with Gasteiger partial charge in [0.15, 0.2) is 0 Å². The van der Waals surface area contributed by atoms with Crippen molar-refractivity contribution in [3.05, 3.63) is 70.7 Å². The minimum absolute atomic E-state index is 0.347. The highest BCUT2D eigenvalue weighted by Crippen LogP contribution is 2.29. The van der Waals surface area contributed by atoms with Crippen LogP contribution in [0, 0.1) is 0 Å². The van der Waals surface area contributed by atoms with Crippen LogP contribution in [0.25, 0.3) is 0 Å². The standard InChI is InChI=1S/C14H13Cl/c1-11(12-7-3-2-4-8-12)13-9-5-6-10-14(13)15/h2-11H,1H3. The average molecular weight is 217 g/mol. The van der Waals surface area contributed by atoms with Crippen LogP contribution in [0.5, 0.6) is 0 Å². The Hall–Kier alpha value is -1.27. The third kappa shape index (κ3) is 2.21. The molecule has 0 saturated carbocycles. The number of hydrogen-bond donors (Lipinski definition) is 0. The first-order chi connectivity index (χ1) is 7.29. The van der Waals surface area contributed by atoms with E-state index in [0.29, 0.717) is 5.92 Å². The van der Waals surface area contributed by atoms with Crippen molar-refractivity contribution in [3.8, 4) is 0 Å². The third-order valence-corrected chi connectivity index (χ3v) is 3.02. The summed E-state index contributed by atoms with van der Waals surface area (Å²) in [5.74, 6) is 0.347. The summed E-state index contributed by atoms with van der Waals surface area (Å²) in [5.41, 5.74) is 2.48. The lowest BCUT2D eigenvalue weighted by Gasteiger charge is -2.13. The summed E-state index contributed by atoms with van der Waals surface area (Å²) >= 11 is 6.17. The molecule has 0 aliphatic rings. The van der Waals surface area contributed by atoms with Crippen molar-refractivity contribution in [2.75, 3.05) is 0 Å². The van der Waals surface area contributed by atoms with E-state index >= 15 is 0 Å². The van der Waals surface area contributed by atoms with Gasteiger partial charge in [0.05, 0.1) is 0 Å². The molecule has 0 radical (unpaired) electrons. The van der Waals surface area contributed by atoms with Crippen LogP contribution in [0.4, 0.5) is 0 Å². The van der Waals surface area contributed by atoms with Crippen LogP contribution >= 0.6 is 11.6 Å². The van der Waals surface area contributed by atoms with Crippen LogP contribution in [0.15, 0.2) is 54.6 Å². The summed E-state index contributed by atoms with van der Waals surface area (Å²) < 4.78 is 0. The normalized spacial score (nSPS) is 12.4. The average Bonchev–Trinajstić information content (AvgIpc) is 2.30. The first-order valence-electron chi connectivity index (χ1n) is 5.08. The Bertz CT molecular complexity index is 434. The van der Waals surface area contributed by atoms with Gasteiger partial charge in [-0.15, -0.1) is 0 Å². The maximum Gasteiger partial charge on any atom is 0.0444 e. The zero-order valence-corrected chi connectivity index (χ0v) is 9.41. The van der Waals surface area contributed by atoms with E-state index in [1.54, 1.807) is 0 Å². The van der Waals surface area contributed by atoms with Gasteiger partial charge in [0.1, 0.15) is 0 Å². The first kappa shape index (κ1) is 10.3. The lowest BCUT2D eigenvalue weighted by atomic mass is 9.93.